The predicted molar refractivity (Wildman–Crippen MR) is 62.5 cm³/mol. The Bertz CT molecular complexity index is 629. The van der Waals surface area contributed by atoms with Crippen molar-refractivity contribution >= 4 is 23.5 Å². The first kappa shape index (κ1) is 9.06. The molecule has 80 valence electrons. The molecule has 0 fully saturated rings. The number of hydrogen-bond acceptors (Lipinski definition) is 4. The molecule has 0 saturated heterocycles. The van der Waals surface area contributed by atoms with Gasteiger partial charge in [-0.3, -0.25) is 5.21 Å². The maximum Gasteiger partial charge on any atom is 0.141 e. The summed E-state index contributed by atoms with van der Waals surface area (Å²) in [6, 6.07) is 1.54. The fourth-order valence-electron chi connectivity index (χ4n) is 1.96. The monoisotopic (exact) mass is 214 g/mol. The molecule has 16 heavy (non-hydrogen) atoms. The van der Waals surface area contributed by atoms with Crippen LogP contribution in [0.2, 0.25) is 0 Å². The normalized spacial score (nSPS) is 15.7. The summed E-state index contributed by atoms with van der Waals surface area (Å²) >= 11 is 0. The van der Waals surface area contributed by atoms with Crippen molar-refractivity contribution in [3.63, 3.8) is 0 Å². The van der Waals surface area contributed by atoms with Gasteiger partial charge in [0.2, 0.25) is 0 Å². The van der Waals surface area contributed by atoms with Crippen LogP contribution in [0.25, 0.3) is 12.2 Å². The predicted octanol–water partition coefficient (Wildman–Crippen LogP) is 0.615. The Morgan fingerprint density at radius 3 is 2.81 bits per heavy atom. The van der Waals surface area contributed by atoms with Crippen LogP contribution in [0.5, 0.6) is 5.75 Å². The average molecular weight is 214 g/mol. The number of phenols is 1. The smallest absolute Gasteiger partial charge is 0.141 e. The van der Waals surface area contributed by atoms with Crippen LogP contribution >= 0.6 is 0 Å². The molecule has 0 aliphatic carbocycles. The van der Waals surface area contributed by atoms with Crippen molar-refractivity contribution < 1.29 is 10.3 Å². The SMILES string of the molecule is Oc1cc2c(c3c1NC=CC=3)=CC=CN2O. The maximum absolute atomic E-state index is 9.84. The van der Waals surface area contributed by atoms with Crippen LogP contribution in [0.3, 0.4) is 0 Å². The number of phenolic OH excluding ortho intramolecular Hbond substituents is 1. The highest BCUT2D eigenvalue weighted by molar-refractivity contribution is 5.74. The van der Waals surface area contributed by atoms with Gasteiger partial charge in [0.25, 0.3) is 0 Å². The third-order valence-corrected chi connectivity index (χ3v) is 2.69. The van der Waals surface area contributed by atoms with E-state index in [-0.39, 0.29) is 5.75 Å². The molecule has 0 atom stereocenters. The van der Waals surface area contributed by atoms with Crippen molar-refractivity contribution in [2.45, 2.75) is 0 Å². The van der Waals surface area contributed by atoms with Gasteiger partial charge in [-0.2, -0.15) is 0 Å². The van der Waals surface area contributed by atoms with Crippen LogP contribution in [0.4, 0.5) is 11.4 Å². The molecule has 2 aliphatic rings. The number of fused-ring (bicyclic) bond motifs is 3. The summed E-state index contributed by atoms with van der Waals surface area (Å²) in [6.45, 7) is 0. The molecule has 4 heteroatoms. The Kier molecular flexibility index (Phi) is 1.78. The zero-order valence-corrected chi connectivity index (χ0v) is 8.38. The lowest BCUT2D eigenvalue weighted by atomic mass is 10.1. The third kappa shape index (κ3) is 1.14. The van der Waals surface area contributed by atoms with Crippen molar-refractivity contribution in [2.24, 2.45) is 0 Å². The second kappa shape index (κ2) is 3.15. The third-order valence-electron chi connectivity index (χ3n) is 2.69. The molecule has 0 aromatic heterocycles. The maximum atomic E-state index is 9.84. The number of benzene rings is 1. The summed E-state index contributed by atoms with van der Waals surface area (Å²) in [5, 5.41) is 25.2. The summed E-state index contributed by atoms with van der Waals surface area (Å²) < 4.78 is 0. The lowest BCUT2D eigenvalue weighted by molar-refractivity contribution is 0.294. The summed E-state index contributed by atoms with van der Waals surface area (Å²) in [5.41, 5.74) is 1.24. The van der Waals surface area contributed by atoms with E-state index in [0.29, 0.717) is 11.4 Å². The largest absolute Gasteiger partial charge is 0.506 e. The fraction of sp³-hybridized carbons (Fsp3) is 0. The quantitative estimate of drug-likeness (QED) is 0.554. The van der Waals surface area contributed by atoms with Gasteiger partial charge >= 0.3 is 0 Å². The van der Waals surface area contributed by atoms with Gasteiger partial charge < -0.3 is 10.4 Å². The number of nitrogens with zero attached hydrogens (tertiary/aromatic N) is 1. The van der Waals surface area contributed by atoms with Crippen LogP contribution in [-0.4, -0.2) is 10.3 Å². The zero-order valence-electron chi connectivity index (χ0n) is 8.38. The molecule has 0 saturated carbocycles. The van der Waals surface area contributed by atoms with Crippen LogP contribution in [0.1, 0.15) is 0 Å². The molecule has 1 aromatic rings. The average Bonchev–Trinajstić information content (AvgIpc) is 2.31. The van der Waals surface area contributed by atoms with Crippen LogP contribution in [-0.2, 0) is 0 Å². The van der Waals surface area contributed by atoms with E-state index < -0.39 is 0 Å². The van der Waals surface area contributed by atoms with Gasteiger partial charge in [0.1, 0.15) is 5.75 Å². The molecule has 3 rings (SSSR count). The van der Waals surface area contributed by atoms with E-state index >= 15 is 0 Å². The second-order valence-corrected chi connectivity index (χ2v) is 3.64. The highest BCUT2D eigenvalue weighted by Gasteiger charge is 2.13. The first-order chi connectivity index (χ1) is 7.77. The highest BCUT2D eigenvalue weighted by Crippen LogP contribution is 2.24. The van der Waals surface area contributed by atoms with Crippen LogP contribution in [0, 0.1) is 0 Å². The number of nitrogens with one attached hydrogen (secondary N) is 1. The van der Waals surface area contributed by atoms with E-state index in [2.05, 4.69) is 5.32 Å². The molecule has 0 spiro atoms. The molecule has 0 amide bonds. The Balaban J connectivity index is 2.48. The highest BCUT2D eigenvalue weighted by atomic mass is 16.5. The second-order valence-electron chi connectivity index (χ2n) is 3.64. The minimum Gasteiger partial charge on any atom is -0.506 e. The van der Waals surface area contributed by atoms with E-state index in [1.54, 1.807) is 12.3 Å². The van der Waals surface area contributed by atoms with Gasteiger partial charge in [0.05, 0.1) is 11.4 Å². The van der Waals surface area contributed by atoms with Crippen LogP contribution < -0.4 is 20.8 Å². The molecule has 2 aliphatic heterocycles. The number of hydrogen-bond donors (Lipinski definition) is 3. The molecule has 0 unspecified atom stereocenters. The number of allylic oxidation sites excluding steroid dienone is 2. The van der Waals surface area contributed by atoms with E-state index in [9.17, 15) is 10.3 Å². The summed E-state index contributed by atoms with van der Waals surface area (Å²) in [7, 11) is 0. The lowest BCUT2D eigenvalue weighted by Gasteiger charge is -2.19. The molecule has 0 bridgehead atoms. The van der Waals surface area contributed by atoms with Crippen molar-refractivity contribution in [1.29, 1.82) is 0 Å². The molecule has 0 radical (unpaired) electrons. The molecule has 4 nitrogen and oxygen atoms in total. The van der Waals surface area contributed by atoms with E-state index in [1.165, 1.54) is 12.3 Å². The van der Waals surface area contributed by atoms with E-state index in [4.69, 9.17) is 0 Å². The van der Waals surface area contributed by atoms with Crippen molar-refractivity contribution in [1.82, 2.24) is 0 Å². The number of rotatable bonds is 0. The Morgan fingerprint density at radius 2 is 1.94 bits per heavy atom. The summed E-state index contributed by atoms with van der Waals surface area (Å²) in [5.74, 6) is 0.122. The van der Waals surface area contributed by atoms with Gasteiger partial charge in [0.15, 0.2) is 0 Å². The van der Waals surface area contributed by atoms with Crippen LogP contribution in [0.15, 0.2) is 30.6 Å². The van der Waals surface area contributed by atoms with Gasteiger partial charge in [-0.05, 0) is 12.2 Å². The van der Waals surface area contributed by atoms with Gasteiger partial charge in [-0.25, -0.2) is 5.06 Å². The number of anilines is 2. The first-order valence-electron chi connectivity index (χ1n) is 4.93. The van der Waals surface area contributed by atoms with E-state index in [1.807, 2.05) is 18.2 Å². The Labute approximate surface area is 91.7 Å². The van der Waals surface area contributed by atoms with E-state index in [0.717, 1.165) is 15.5 Å². The van der Waals surface area contributed by atoms with Gasteiger partial charge in [0, 0.05) is 28.9 Å². The zero-order chi connectivity index (χ0) is 11.1. The summed E-state index contributed by atoms with van der Waals surface area (Å²) in [6.07, 6.45) is 10.7. The molecular weight excluding hydrogens is 204 g/mol. The van der Waals surface area contributed by atoms with Crippen molar-refractivity contribution in [3.05, 3.63) is 41.1 Å². The number of aromatic hydroxyl groups is 1. The van der Waals surface area contributed by atoms with Crippen molar-refractivity contribution in [3.8, 4) is 5.75 Å². The first-order valence-corrected chi connectivity index (χ1v) is 4.93. The Morgan fingerprint density at radius 1 is 1.12 bits per heavy atom. The molecular formula is C12H10N2O2. The van der Waals surface area contributed by atoms with Crippen molar-refractivity contribution in [2.75, 3.05) is 10.4 Å². The minimum atomic E-state index is 0.122. The molecule has 1 aromatic carbocycles. The standard InChI is InChI=1S/C12H10N2O2/c15-11-7-10-8(4-2-6-14(10)16)9-3-1-5-13-12(9)11/h1-7,13,15-16H. The lowest BCUT2D eigenvalue weighted by Crippen LogP contribution is -2.35. The van der Waals surface area contributed by atoms with Gasteiger partial charge in [-0.1, -0.05) is 12.2 Å². The molecule has 2 heterocycles. The Hall–Kier alpha value is -2.20. The number of hydroxylamine groups is 1. The summed E-state index contributed by atoms with van der Waals surface area (Å²) in [4.78, 5) is 0. The van der Waals surface area contributed by atoms with Gasteiger partial charge in [-0.15, -0.1) is 0 Å². The topological polar surface area (TPSA) is 55.7 Å². The molecule has 3 N–H and O–H groups in total. The fourth-order valence-corrected chi connectivity index (χ4v) is 1.96. The minimum absolute atomic E-state index is 0.122.